The number of carbonyl (C=O) groups excluding carboxylic acids is 1. The van der Waals surface area contributed by atoms with Crippen molar-refractivity contribution < 1.29 is 14.1 Å². The molecule has 1 amide bonds. The number of nitrogens with zero attached hydrogens (tertiary/aromatic N) is 2. The van der Waals surface area contributed by atoms with E-state index in [9.17, 15) is 4.79 Å². The Bertz CT molecular complexity index is 731. The zero-order valence-corrected chi connectivity index (χ0v) is 15.7. The Labute approximate surface area is 154 Å². The molecule has 3 rings (SSSR count). The third-order valence-electron chi connectivity index (χ3n) is 5.07. The molecule has 1 aromatic carbocycles. The van der Waals surface area contributed by atoms with Gasteiger partial charge in [0.15, 0.2) is 0 Å². The minimum absolute atomic E-state index is 0.00788. The van der Waals surface area contributed by atoms with Gasteiger partial charge >= 0.3 is 0 Å². The number of methoxy groups -OCH3 is 1. The molecule has 0 radical (unpaired) electrons. The van der Waals surface area contributed by atoms with E-state index in [1.54, 1.807) is 7.11 Å². The van der Waals surface area contributed by atoms with Gasteiger partial charge in [0.1, 0.15) is 11.5 Å². The summed E-state index contributed by atoms with van der Waals surface area (Å²) in [7, 11) is 1.68. The number of carbonyl (C=O) groups is 1. The van der Waals surface area contributed by atoms with Gasteiger partial charge < -0.3 is 14.6 Å². The number of likely N-dealkylation sites (tertiary alicyclic amines) is 1. The maximum absolute atomic E-state index is 12.5. The first-order chi connectivity index (χ1) is 12.6. The highest BCUT2D eigenvalue weighted by Crippen LogP contribution is 2.27. The molecule has 6 nitrogen and oxygen atoms in total. The lowest BCUT2D eigenvalue weighted by Crippen LogP contribution is -2.37. The first kappa shape index (κ1) is 18.5. The largest absolute Gasteiger partial charge is 0.497 e. The molecule has 1 N–H and O–H groups in total. The number of aromatic nitrogens is 1. The molecule has 140 valence electrons. The molecule has 1 fully saturated rings. The van der Waals surface area contributed by atoms with Crippen LogP contribution in [0.25, 0.3) is 0 Å². The minimum atomic E-state index is -0.00788. The molecular weight excluding hydrogens is 330 g/mol. The molecule has 2 aromatic rings. The zero-order chi connectivity index (χ0) is 18.5. The van der Waals surface area contributed by atoms with Gasteiger partial charge in [0, 0.05) is 12.1 Å². The molecule has 1 saturated heterocycles. The standard InChI is InChI=1S/C20H27N3O3/c1-14-18(15(2)26-22-14)12-20(24)21-13-19(23-9-4-5-10-23)16-7-6-8-17(11-16)25-3/h6-8,11,19H,4-5,9-10,12-13H2,1-3H3,(H,21,24). The number of benzene rings is 1. The Morgan fingerprint density at radius 3 is 2.77 bits per heavy atom. The smallest absolute Gasteiger partial charge is 0.224 e. The van der Waals surface area contributed by atoms with Crippen molar-refractivity contribution in [1.82, 2.24) is 15.4 Å². The molecule has 6 heteroatoms. The maximum Gasteiger partial charge on any atom is 0.224 e. The van der Waals surface area contributed by atoms with Crippen LogP contribution in [0.15, 0.2) is 28.8 Å². The quantitative estimate of drug-likeness (QED) is 0.825. The van der Waals surface area contributed by atoms with Crippen molar-refractivity contribution in [2.75, 3.05) is 26.7 Å². The van der Waals surface area contributed by atoms with E-state index in [0.717, 1.165) is 30.1 Å². The van der Waals surface area contributed by atoms with Gasteiger partial charge in [-0.05, 0) is 57.5 Å². The zero-order valence-electron chi connectivity index (χ0n) is 15.7. The SMILES string of the molecule is COc1cccc(C(CNC(=O)Cc2c(C)noc2C)N2CCCC2)c1. The molecule has 26 heavy (non-hydrogen) atoms. The fourth-order valence-corrected chi connectivity index (χ4v) is 3.55. The number of hydrogen-bond donors (Lipinski definition) is 1. The normalized spacial score (nSPS) is 15.8. The van der Waals surface area contributed by atoms with Crippen LogP contribution in [0, 0.1) is 13.8 Å². The maximum atomic E-state index is 12.5. The van der Waals surface area contributed by atoms with Crippen LogP contribution in [0.5, 0.6) is 5.75 Å². The molecule has 2 heterocycles. The Morgan fingerprint density at radius 2 is 2.12 bits per heavy atom. The van der Waals surface area contributed by atoms with Crippen molar-refractivity contribution in [2.45, 2.75) is 39.2 Å². The van der Waals surface area contributed by atoms with Crippen LogP contribution in [0.3, 0.4) is 0 Å². The Kier molecular flexibility index (Phi) is 5.93. The van der Waals surface area contributed by atoms with Crippen LogP contribution >= 0.6 is 0 Å². The van der Waals surface area contributed by atoms with E-state index >= 15 is 0 Å². The molecule has 0 bridgehead atoms. The van der Waals surface area contributed by atoms with E-state index in [2.05, 4.69) is 27.5 Å². The molecule has 0 saturated carbocycles. The van der Waals surface area contributed by atoms with Gasteiger partial charge in [-0.25, -0.2) is 0 Å². The average Bonchev–Trinajstić information content (AvgIpc) is 3.28. The number of ether oxygens (including phenoxy) is 1. The highest BCUT2D eigenvalue weighted by molar-refractivity contribution is 5.79. The fourth-order valence-electron chi connectivity index (χ4n) is 3.55. The Morgan fingerprint density at radius 1 is 1.35 bits per heavy atom. The van der Waals surface area contributed by atoms with Crippen molar-refractivity contribution in [3.63, 3.8) is 0 Å². The van der Waals surface area contributed by atoms with Gasteiger partial charge in [-0.2, -0.15) is 0 Å². The fraction of sp³-hybridized carbons (Fsp3) is 0.500. The second kappa shape index (κ2) is 8.36. The van der Waals surface area contributed by atoms with Crippen LogP contribution in [0.4, 0.5) is 0 Å². The molecule has 1 aromatic heterocycles. The summed E-state index contributed by atoms with van der Waals surface area (Å²) in [5, 5.41) is 7.01. The van der Waals surface area contributed by atoms with Crippen molar-refractivity contribution in [2.24, 2.45) is 0 Å². The van der Waals surface area contributed by atoms with Crippen LogP contribution in [0.2, 0.25) is 0 Å². The predicted molar refractivity (Wildman–Crippen MR) is 99.2 cm³/mol. The second-order valence-corrected chi connectivity index (χ2v) is 6.82. The van der Waals surface area contributed by atoms with Crippen LogP contribution < -0.4 is 10.1 Å². The van der Waals surface area contributed by atoms with Gasteiger partial charge in [0.25, 0.3) is 0 Å². The molecule has 1 unspecified atom stereocenters. The van der Waals surface area contributed by atoms with E-state index in [1.165, 1.54) is 18.4 Å². The van der Waals surface area contributed by atoms with Crippen LogP contribution in [-0.4, -0.2) is 42.7 Å². The monoisotopic (exact) mass is 357 g/mol. The van der Waals surface area contributed by atoms with Gasteiger partial charge in [0.05, 0.1) is 25.3 Å². The Balaban J connectivity index is 1.68. The van der Waals surface area contributed by atoms with Crippen molar-refractivity contribution in [3.05, 3.63) is 46.8 Å². The summed E-state index contributed by atoms with van der Waals surface area (Å²) in [6, 6.07) is 8.26. The molecule has 1 atom stereocenters. The van der Waals surface area contributed by atoms with Gasteiger partial charge in [-0.3, -0.25) is 9.69 Å². The van der Waals surface area contributed by atoms with Crippen LogP contribution in [-0.2, 0) is 11.2 Å². The van der Waals surface area contributed by atoms with Crippen LogP contribution in [0.1, 0.15) is 41.5 Å². The minimum Gasteiger partial charge on any atom is -0.497 e. The lowest BCUT2D eigenvalue weighted by atomic mass is 10.0. The summed E-state index contributed by atoms with van der Waals surface area (Å²) in [5.74, 6) is 1.54. The Hall–Kier alpha value is -2.34. The molecule has 1 aliphatic heterocycles. The van der Waals surface area contributed by atoms with E-state index in [4.69, 9.17) is 9.26 Å². The molecule has 1 aliphatic rings. The van der Waals surface area contributed by atoms with Gasteiger partial charge in [-0.1, -0.05) is 17.3 Å². The summed E-state index contributed by atoms with van der Waals surface area (Å²) >= 11 is 0. The number of amides is 1. The highest BCUT2D eigenvalue weighted by atomic mass is 16.5. The average molecular weight is 357 g/mol. The third kappa shape index (κ3) is 4.25. The highest BCUT2D eigenvalue weighted by Gasteiger charge is 2.24. The number of nitrogens with one attached hydrogen (secondary N) is 1. The topological polar surface area (TPSA) is 67.6 Å². The van der Waals surface area contributed by atoms with E-state index in [-0.39, 0.29) is 11.9 Å². The predicted octanol–water partition coefficient (Wildman–Crippen LogP) is 2.80. The van der Waals surface area contributed by atoms with Gasteiger partial charge in [0.2, 0.25) is 5.91 Å². The lowest BCUT2D eigenvalue weighted by molar-refractivity contribution is -0.120. The number of rotatable bonds is 7. The van der Waals surface area contributed by atoms with Crippen molar-refractivity contribution >= 4 is 5.91 Å². The first-order valence-corrected chi connectivity index (χ1v) is 9.15. The lowest BCUT2D eigenvalue weighted by Gasteiger charge is -2.28. The second-order valence-electron chi connectivity index (χ2n) is 6.82. The third-order valence-corrected chi connectivity index (χ3v) is 5.07. The molecular formula is C20H27N3O3. The van der Waals surface area contributed by atoms with E-state index < -0.39 is 0 Å². The summed E-state index contributed by atoms with van der Waals surface area (Å²) in [6.45, 7) is 6.40. The summed E-state index contributed by atoms with van der Waals surface area (Å²) in [6.07, 6.45) is 2.70. The summed E-state index contributed by atoms with van der Waals surface area (Å²) in [5.41, 5.74) is 2.83. The summed E-state index contributed by atoms with van der Waals surface area (Å²) < 4.78 is 10.5. The molecule has 0 aliphatic carbocycles. The summed E-state index contributed by atoms with van der Waals surface area (Å²) in [4.78, 5) is 14.9. The number of hydrogen-bond acceptors (Lipinski definition) is 5. The number of aryl methyl sites for hydroxylation is 2. The molecule has 0 spiro atoms. The van der Waals surface area contributed by atoms with Crippen molar-refractivity contribution in [1.29, 1.82) is 0 Å². The van der Waals surface area contributed by atoms with E-state index in [1.807, 2.05) is 26.0 Å². The van der Waals surface area contributed by atoms with Gasteiger partial charge in [-0.15, -0.1) is 0 Å². The first-order valence-electron chi connectivity index (χ1n) is 9.15. The van der Waals surface area contributed by atoms with E-state index in [0.29, 0.717) is 18.7 Å². The van der Waals surface area contributed by atoms with Crippen molar-refractivity contribution in [3.8, 4) is 5.75 Å².